The average Bonchev–Trinajstić information content (AvgIpc) is 2.73. The van der Waals surface area contributed by atoms with Crippen LogP contribution in [0.1, 0.15) is 41.5 Å². The number of rotatable bonds is 8. The standard InChI is InChI=1S/C16H20N2S2.C9H21P.N2.Ru/c1-17(13-7-3-5-9-15(13)19)11-12-18(2)14-8-4-6-10-16(14)20;1-7(2)10(8(3)4)9(5)6;1-2;/h3-10,19-20H,11-12H2,1-2H3;7-9H,1-6H3;;/q;;;+2/p-2. The Balaban J connectivity index is 0. The van der Waals surface area contributed by atoms with Crippen LogP contribution in [0.15, 0.2) is 58.3 Å². The zero-order valence-corrected chi connectivity index (χ0v) is 25.4. The fourth-order valence-corrected chi connectivity index (χ4v) is 8.06. The molecule has 0 spiro atoms. The maximum atomic E-state index is 6.00. The van der Waals surface area contributed by atoms with Gasteiger partial charge in [0.1, 0.15) is 0 Å². The summed E-state index contributed by atoms with van der Waals surface area (Å²) in [7, 11) is 4.40. The van der Waals surface area contributed by atoms with Gasteiger partial charge in [-0.1, -0.05) is 85.9 Å². The molecule has 0 heterocycles. The number of benzene rings is 2. The Kier molecular flexibility index (Phi) is 18.9. The van der Waals surface area contributed by atoms with E-state index in [0.717, 1.165) is 51.2 Å². The molecule has 184 valence electrons. The van der Waals surface area contributed by atoms with E-state index in [1.54, 1.807) is 0 Å². The van der Waals surface area contributed by atoms with E-state index in [9.17, 15) is 0 Å². The first-order chi connectivity index (χ1) is 15.1. The Morgan fingerprint density at radius 2 is 0.939 bits per heavy atom. The second-order valence-corrected chi connectivity index (χ2v) is 13.4. The minimum Gasteiger partial charge on any atom is -0.778 e. The Morgan fingerprint density at radius 3 is 1.15 bits per heavy atom. The van der Waals surface area contributed by atoms with Crippen LogP contribution in [0.25, 0.3) is 0 Å². The van der Waals surface area contributed by atoms with Crippen molar-refractivity contribution in [2.45, 2.75) is 68.3 Å². The first kappa shape index (κ1) is 34.1. The van der Waals surface area contributed by atoms with Crippen molar-refractivity contribution in [2.24, 2.45) is 0 Å². The van der Waals surface area contributed by atoms with Crippen LogP contribution in [0.3, 0.4) is 0 Å². The van der Waals surface area contributed by atoms with Gasteiger partial charge in [0.15, 0.2) is 0 Å². The van der Waals surface area contributed by atoms with Crippen LogP contribution in [0.2, 0.25) is 0 Å². The van der Waals surface area contributed by atoms with Gasteiger partial charge in [-0.25, -0.2) is 0 Å². The van der Waals surface area contributed by atoms with Gasteiger partial charge in [0.25, 0.3) is 0 Å². The number of hydrogen-bond acceptors (Lipinski definition) is 6. The van der Waals surface area contributed by atoms with Crippen molar-refractivity contribution < 1.29 is 19.5 Å². The molecule has 0 aromatic heterocycles. The van der Waals surface area contributed by atoms with Crippen molar-refractivity contribution >= 4 is 44.6 Å². The van der Waals surface area contributed by atoms with Gasteiger partial charge in [-0.3, -0.25) is 0 Å². The van der Waals surface area contributed by atoms with Crippen LogP contribution < -0.4 is 9.80 Å². The van der Waals surface area contributed by atoms with Crippen molar-refractivity contribution in [3.63, 3.8) is 0 Å². The van der Waals surface area contributed by atoms with Gasteiger partial charge in [0.05, 0.1) is 0 Å². The largest absolute Gasteiger partial charge is 2.00 e. The van der Waals surface area contributed by atoms with Crippen LogP contribution >= 0.6 is 7.92 Å². The SMILES string of the molecule is CC(C)P(C(C)C)C(C)C.CN(CCN(C)c1ccccc1[S-])c1ccccc1[S-].N#N.[Ru+2]. The van der Waals surface area contributed by atoms with Gasteiger partial charge in [-0.15, -0.1) is 0 Å². The predicted octanol–water partition coefficient (Wildman–Crippen LogP) is 6.79. The fraction of sp³-hybridized carbons (Fsp3) is 0.520. The summed E-state index contributed by atoms with van der Waals surface area (Å²) in [5.74, 6) is 0. The zero-order chi connectivity index (χ0) is 24.8. The summed E-state index contributed by atoms with van der Waals surface area (Å²) in [6.45, 7) is 15.9. The molecular weight excluding hydrogens is 552 g/mol. The van der Waals surface area contributed by atoms with Gasteiger partial charge < -0.3 is 35.1 Å². The topological polar surface area (TPSA) is 54.1 Å². The molecule has 0 saturated carbocycles. The molecule has 0 aliphatic rings. The molecule has 2 aromatic rings. The molecule has 0 saturated heterocycles. The molecule has 2 aromatic carbocycles. The smallest absolute Gasteiger partial charge is 0.778 e. The molecular formula is C25H39N4PRuS2. The van der Waals surface area contributed by atoms with Crippen molar-refractivity contribution in [3.8, 4) is 0 Å². The summed E-state index contributed by atoms with van der Waals surface area (Å²) in [5, 5.41) is 12.0. The van der Waals surface area contributed by atoms with Crippen LogP contribution in [-0.2, 0) is 44.7 Å². The monoisotopic (exact) mass is 592 g/mol. The van der Waals surface area contributed by atoms with E-state index in [1.165, 1.54) is 0 Å². The van der Waals surface area contributed by atoms with Crippen LogP contribution in [0.4, 0.5) is 11.4 Å². The van der Waals surface area contributed by atoms with Crippen molar-refractivity contribution in [2.75, 3.05) is 37.0 Å². The molecule has 33 heavy (non-hydrogen) atoms. The second-order valence-electron chi connectivity index (χ2n) is 8.51. The molecule has 2 rings (SSSR count). The van der Waals surface area contributed by atoms with Gasteiger partial charge in [-0.2, -0.15) is 9.79 Å². The van der Waals surface area contributed by atoms with Crippen molar-refractivity contribution in [1.29, 1.82) is 10.8 Å². The van der Waals surface area contributed by atoms with Gasteiger partial charge in [-0.05, 0) is 29.1 Å². The Morgan fingerprint density at radius 1 is 0.667 bits per heavy atom. The summed E-state index contributed by atoms with van der Waals surface area (Å²) in [4.78, 5) is 6.15. The molecule has 0 N–H and O–H groups in total. The normalized spacial score (nSPS) is 10.1. The Hall–Kier alpha value is -1.05. The fourth-order valence-electron chi connectivity index (χ4n) is 3.87. The van der Waals surface area contributed by atoms with Crippen LogP contribution in [-0.4, -0.2) is 44.2 Å². The zero-order valence-electron chi connectivity index (χ0n) is 21.2. The Bertz CT molecular complexity index is 732. The molecule has 0 unspecified atom stereocenters. The van der Waals surface area contributed by atoms with Crippen molar-refractivity contribution in [1.82, 2.24) is 0 Å². The molecule has 8 heteroatoms. The van der Waals surface area contributed by atoms with Gasteiger partial charge in [0.2, 0.25) is 0 Å². The molecule has 0 atom stereocenters. The third-order valence-electron chi connectivity index (χ3n) is 5.11. The van der Waals surface area contributed by atoms with E-state index in [4.69, 9.17) is 36.0 Å². The number of hydrogen-bond donors (Lipinski definition) is 0. The number of likely N-dealkylation sites (N-methyl/N-ethyl adjacent to an activating group) is 2. The maximum absolute atomic E-state index is 6.00. The molecule has 0 bridgehead atoms. The third kappa shape index (κ3) is 12.3. The molecule has 0 radical (unpaired) electrons. The first-order valence-electron chi connectivity index (χ1n) is 11.0. The molecule has 4 nitrogen and oxygen atoms in total. The van der Waals surface area contributed by atoms with E-state index >= 15 is 0 Å². The maximum Gasteiger partial charge on any atom is 2.00 e. The third-order valence-corrected chi connectivity index (χ3v) is 9.38. The molecule has 0 aliphatic heterocycles. The van der Waals surface area contributed by atoms with Crippen LogP contribution in [0.5, 0.6) is 0 Å². The predicted molar refractivity (Wildman–Crippen MR) is 146 cm³/mol. The van der Waals surface area contributed by atoms with E-state index in [0.29, 0.717) is 0 Å². The number of anilines is 2. The van der Waals surface area contributed by atoms with E-state index in [2.05, 4.69) is 77.6 Å². The minimum atomic E-state index is 0. The van der Waals surface area contributed by atoms with Crippen LogP contribution in [0, 0.1) is 10.8 Å². The Labute approximate surface area is 227 Å². The molecule has 0 fully saturated rings. The number of para-hydroxylation sites is 2. The van der Waals surface area contributed by atoms with Gasteiger partial charge >= 0.3 is 19.5 Å². The second kappa shape index (κ2) is 18.3. The van der Waals surface area contributed by atoms with E-state index < -0.39 is 0 Å². The summed E-state index contributed by atoms with van der Waals surface area (Å²) in [6, 6.07) is 16.0. The van der Waals surface area contributed by atoms with E-state index in [-0.39, 0.29) is 27.4 Å². The molecule has 0 aliphatic carbocycles. The molecule has 0 amide bonds. The van der Waals surface area contributed by atoms with Gasteiger partial charge in [0, 0.05) is 49.3 Å². The minimum absolute atomic E-state index is 0. The van der Waals surface area contributed by atoms with E-state index in [1.807, 2.05) is 36.4 Å². The van der Waals surface area contributed by atoms with Crippen molar-refractivity contribution in [3.05, 3.63) is 48.5 Å². The summed E-state index contributed by atoms with van der Waals surface area (Å²) >= 11 is 10.7. The quantitative estimate of drug-likeness (QED) is 0.146. The summed E-state index contributed by atoms with van der Waals surface area (Å²) in [5.41, 5.74) is 4.89. The summed E-state index contributed by atoms with van der Waals surface area (Å²) < 4.78 is 0. The average molecular weight is 592 g/mol. The summed E-state index contributed by atoms with van der Waals surface area (Å²) in [6.07, 6.45) is 0. The first-order valence-corrected chi connectivity index (χ1v) is 13.3. The number of nitrogens with zero attached hydrogens (tertiary/aromatic N) is 4.